The van der Waals surface area contributed by atoms with Gasteiger partial charge in [-0.2, -0.15) is 0 Å². The molecule has 0 atom stereocenters. The van der Waals surface area contributed by atoms with Crippen LogP contribution in [-0.2, 0) is 4.79 Å². The van der Waals surface area contributed by atoms with E-state index < -0.39 is 5.63 Å². The highest BCUT2D eigenvalue weighted by molar-refractivity contribution is 6.31. The predicted molar refractivity (Wildman–Crippen MR) is 94.6 cm³/mol. The zero-order chi connectivity index (χ0) is 17.8. The number of hydrogen-bond acceptors (Lipinski definition) is 5. The Labute approximate surface area is 147 Å². The molecule has 1 N–H and O–H groups in total. The number of carbonyl (C=O) groups excluding carboxylic acids is 1. The lowest BCUT2D eigenvalue weighted by atomic mass is 10.2. The molecule has 0 bridgehead atoms. The second kappa shape index (κ2) is 7.27. The zero-order valence-electron chi connectivity index (χ0n) is 13.2. The molecule has 6 nitrogen and oxygen atoms in total. The third-order valence-electron chi connectivity index (χ3n) is 3.40. The third kappa shape index (κ3) is 4.10. The molecular formula is C18H14ClNO5. The molecule has 1 heterocycles. The number of carbonyl (C=O) groups is 1. The molecule has 1 amide bonds. The van der Waals surface area contributed by atoms with Gasteiger partial charge >= 0.3 is 5.63 Å². The molecule has 0 spiro atoms. The van der Waals surface area contributed by atoms with Crippen LogP contribution in [0, 0.1) is 0 Å². The van der Waals surface area contributed by atoms with Crippen molar-refractivity contribution in [3.05, 3.63) is 64.0 Å². The largest absolute Gasteiger partial charge is 0.495 e. The maximum atomic E-state index is 12.1. The lowest BCUT2D eigenvalue weighted by molar-refractivity contribution is -0.118. The molecule has 0 aliphatic rings. The number of halogens is 1. The molecule has 0 aliphatic carbocycles. The van der Waals surface area contributed by atoms with Crippen molar-refractivity contribution in [2.24, 2.45) is 0 Å². The Morgan fingerprint density at radius 3 is 2.76 bits per heavy atom. The van der Waals surface area contributed by atoms with Crippen molar-refractivity contribution in [1.82, 2.24) is 0 Å². The lowest BCUT2D eigenvalue weighted by Crippen LogP contribution is -2.20. The van der Waals surface area contributed by atoms with Gasteiger partial charge in [0, 0.05) is 22.5 Å². The molecule has 128 valence electrons. The van der Waals surface area contributed by atoms with Crippen molar-refractivity contribution in [1.29, 1.82) is 0 Å². The summed E-state index contributed by atoms with van der Waals surface area (Å²) in [5.41, 5.74) is 0.394. The summed E-state index contributed by atoms with van der Waals surface area (Å²) in [4.78, 5) is 23.3. The molecule has 0 saturated heterocycles. The van der Waals surface area contributed by atoms with E-state index in [0.717, 1.165) is 5.39 Å². The summed E-state index contributed by atoms with van der Waals surface area (Å²) in [6.45, 7) is -0.224. The van der Waals surface area contributed by atoms with Gasteiger partial charge in [-0.25, -0.2) is 4.79 Å². The normalized spacial score (nSPS) is 10.5. The molecule has 1 aromatic heterocycles. The second-order valence-electron chi connectivity index (χ2n) is 5.14. The maximum absolute atomic E-state index is 12.1. The summed E-state index contributed by atoms with van der Waals surface area (Å²) < 4.78 is 15.7. The van der Waals surface area contributed by atoms with Crippen LogP contribution in [-0.4, -0.2) is 19.6 Å². The van der Waals surface area contributed by atoms with Crippen molar-refractivity contribution in [2.45, 2.75) is 0 Å². The van der Waals surface area contributed by atoms with E-state index in [1.54, 1.807) is 42.5 Å². The van der Waals surface area contributed by atoms with Crippen LogP contribution in [0.1, 0.15) is 0 Å². The maximum Gasteiger partial charge on any atom is 0.336 e. The molecule has 0 radical (unpaired) electrons. The van der Waals surface area contributed by atoms with Crippen LogP contribution >= 0.6 is 11.6 Å². The van der Waals surface area contributed by atoms with E-state index in [1.165, 1.54) is 13.2 Å². The van der Waals surface area contributed by atoms with Gasteiger partial charge in [-0.3, -0.25) is 4.79 Å². The van der Waals surface area contributed by atoms with Gasteiger partial charge in [0.2, 0.25) is 0 Å². The van der Waals surface area contributed by atoms with Gasteiger partial charge in [0.1, 0.15) is 17.1 Å². The summed E-state index contributed by atoms with van der Waals surface area (Å²) in [6, 6.07) is 12.9. The summed E-state index contributed by atoms with van der Waals surface area (Å²) >= 11 is 5.92. The highest BCUT2D eigenvalue weighted by atomic mass is 35.5. The van der Waals surface area contributed by atoms with Crippen molar-refractivity contribution in [2.75, 3.05) is 19.0 Å². The Morgan fingerprint density at radius 2 is 1.96 bits per heavy atom. The van der Waals surface area contributed by atoms with Gasteiger partial charge in [-0.05, 0) is 36.4 Å². The SMILES string of the molecule is COc1ccc(Cl)cc1NC(=O)COc1ccc2ccc(=O)oc2c1. The number of benzene rings is 2. The number of nitrogens with one attached hydrogen (secondary N) is 1. The molecule has 3 rings (SSSR count). The fraction of sp³-hybridized carbons (Fsp3) is 0.111. The van der Waals surface area contributed by atoms with Crippen LogP contribution < -0.4 is 20.4 Å². The summed E-state index contributed by atoms with van der Waals surface area (Å²) in [5, 5.41) is 3.91. The van der Waals surface area contributed by atoms with Crippen molar-refractivity contribution in [3.63, 3.8) is 0 Å². The summed E-state index contributed by atoms with van der Waals surface area (Å²) in [6.07, 6.45) is 0. The first kappa shape index (κ1) is 16.9. The van der Waals surface area contributed by atoms with E-state index in [1.807, 2.05) is 0 Å². The monoisotopic (exact) mass is 359 g/mol. The van der Waals surface area contributed by atoms with Gasteiger partial charge < -0.3 is 19.2 Å². The minimum atomic E-state index is -0.449. The van der Waals surface area contributed by atoms with E-state index in [0.29, 0.717) is 27.8 Å². The van der Waals surface area contributed by atoms with Crippen LogP contribution in [0.4, 0.5) is 5.69 Å². The number of hydrogen-bond donors (Lipinski definition) is 1. The van der Waals surface area contributed by atoms with Gasteiger partial charge in [0.15, 0.2) is 6.61 Å². The highest BCUT2D eigenvalue weighted by Gasteiger charge is 2.09. The minimum absolute atomic E-state index is 0.224. The first-order chi connectivity index (χ1) is 12.0. The van der Waals surface area contributed by atoms with E-state index in [9.17, 15) is 9.59 Å². The molecule has 0 fully saturated rings. The Bertz CT molecular complexity index is 983. The van der Waals surface area contributed by atoms with Gasteiger partial charge in [-0.15, -0.1) is 0 Å². The van der Waals surface area contributed by atoms with Crippen LogP contribution in [0.15, 0.2) is 57.7 Å². The predicted octanol–water partition coefficient (Wildman–Crippen LogP) is 3.47. The third-order valence-corrected chi connectivity index (χ3v) is 3.64. The van der Waals surface area contributed by atoms with Gasteiger partial charge in [0.25, 0.3) is 5.91 Å². The van der Waals surface area contributed by atoms with E-state index in [-0.39, 0.29) is 12.5 Å². The zero-order valence-corrected chi connectivity index (χ0v) is 14.0. The number of amides is 1. The molecular weight excluding hydrogens is 346 g/mol. The first-order valence-electron chi connectivity index (χ1n) is 7.35. The van der Waals surface area contributed by atoms with Crippen molar-refractivity contribution >= 4 is 34.2 Å². The summed E-state index contributed by atoms with van der Waals surface area (Å²) in [5.74, 6) is 0.524. The summed E-state index contributed by atoms with van der Waals surface area (Å²) in [7, 11) is 1.50. The van der Waals surface area contributed by atoms with Crippen molar-refractivity contribution < 1.29 is 18.7 Å². The fourth-order valence-electron chi connectivity index (χ4n) is 2.24. The van der Waals surface area contributed by atoms with Crippen LogP contribution in [0.3, 0.4) is 0 Å². The Hall–Kier alpha value is -2.99. The molecule has 3 aromatic rings. The molecule has 0 unspecified atom stereocenters. The Kier molecular flexibility index (Phi) is 4.90. The lowest BCUT2D eigenvalue weighted by Gasteiger charge is -2.11. The van der Waals surface area contributed by atoms with Gasteiger partial charge in [-0.1, -0.05) is 11.6 Å². The Morgan fingerprint density at radius 1 is 1.16 bits per heavy atom. The highest BCUT2D eigenvalue weighted by Crippen LogP contribution is 2.27. The number of rotatable bonds is 5. The van der Waals surface area contributed by atoms with E-state index >= 15 is 0 Å². The van der Waals surface area contributed by atoms with E-state index in [4.69, 9.17) is 25.5 Å². The topological polar surface area (TPSA) is 77.8 Å². The van der Waals surface area contributed by atoms with Crippen molar-refractivity contribution in [3.8, 4) is 11.5 Å². The molecule has 7 heteroatoms. The molecule has 25 heavy (non-hydrogen) atoms. The average molecular weight is 360 g/mol. The molecule has 2 aromatic carbocycles. The van der Waals surface area contributed by atoms with Crippen LogP contribution in [0.5, 0.6) is 11.5 Å². The fourth-order valence-corrected chi connectivity index (χ4v) is 2.42. The van der Waals surface area contributed by atoms with E-state index in [2.05, 4.69) is 5.32 Å². The quantitative estimate of drug-likeness (QED) is 0.706. The molecule has 0 saturated carbocycles. The van der Waals surface area contributed by atoms with Gasteiger partial charge in [0.05, 0.1) is 12.8 Å². The number of anilines is 1. The van der Waals surface area contributed by atoms with Crippen LogP contribution in [0.25, 0.3) is 11.0 Å². The first-order valence-corrected chi connectivity index (χ1v) is 7.73. The number of methoxy groups -OCH3 is 1. The number of ether oxygens (including phenoxy) is 2. The number of fused-ring (bicyclic) bond motifs is 1. The smallest absolute Gasteiger partial charge is 0.336 e. The van der Waals surface area contributed by atoms with Crippen LogP contribution in [0.2, 0.25) is 5.02 Å². The standard InChI is InChI=1S/C18H14ClNO5/c1-23-15-6-4-12(19)8-14(15)20-17(21)10-24-13-5-2-11-3-7-18(22)25-16(11)9-13/h2-9H,10H2,1H3,(H,20,21). The average Bonchev–Trinajstić information content (AvgIpc) is 2.60. The molecule has 0 aliphatic heterocycles. The minimum Gasteiger partial charge on any atom is -0.495 e. The Balaban J connectivity index is 1.68. The second-order valence-corrected chi connectivity index (χ2v) is 5.57.